The Morgan fingerprint density at radius 1 is 0.829 bits per heavy atom. The maximum Gasteiger partial charge on any atom is 0.330 e. The Morgan fingerprint density at radius 2 is 1.39 bits per heavy atom. The number of aliphatic hydroxyl groups is 3. The SMILES string of the molecule is COc1ccc(C(O[13CH2][13C@H]2O[13C@@H]([15n]3[13cH]c(C)c(=O)[15nH]c3=O)[13C@H](O)[13C@@H](O)[13C@@H]2O)(c2ccccc2)c2ccccc2)cc1. The third kappa shape index (κ3) is 5.35. The minimum atomic E-state index is -1.66. The van der Waals surface area contributed by atoms with E-state index in [2.05, 4.69) is 4.98 Å². The van der Waals surface area contributed by atoms with Crippen molar-refractivity contribution in [3.63, 3.8) is 0 Å². The molecule has 5 atom stereocenters. The molecule has 214 valence electrons. The average Bonchev–Trinajstić information content (AvgIpc) is 3.00. The smallest absolute Gasteiger partial charge is 0.330 e. The van der Waals surface area contributed by atoms with Gasteiger partial charge in [0.15, 0.2) is 6.23 Å². The zero-order chi connectivity index (χ0) is 29.1. The molecule has 0 saturated carbocycles. The highest BCUT2D eigenvalue weighted by atomic mass is 16.8. The summed E-state index contributed by atoms with van der Waals surface area (Å²) in [4.78, 5) is 26.7. The van der Waals surface area contributed by atoms with Crippen LogP contribution in [0.5, 0.6) is 5.75 Å². The fourth-order valence-corrected chi connectivity index (χ4v) is 5.20. The van der Waals surface area contributed by atoms with Crippen LogP contribution in [0, 0.1) is 6.92 Å². The number of aliphatic hydroxyl groups excluding tert-OH is 3. The fourth-order valence-electron chi connectivity index (χ4n) is 5.20. The predicted octanol–water partition coefficient (Wildman–Crippen LogP) is 1.84. The predicted molar refractivity (Wildman–Crippen MR) is 150 cm³/mol. The summed E-state index contributed by atoms with van der Waals surface area (Å²) in [5.41, 5.74) is -0.00972. The number of nitrogens with zero attached hydrogens (tertiary/aromatic N) is 1. The van der Waals surface area contributed by atoms with Crippen molar-refractivity contribution in [1.82, 2.24) is 9.55 Å². The Kier molecular flexibility index (Phi) is 8.20. The van der Waals surface area contributed by atoms with Crippen LogP contribution >= 0.6 is 0 Å². The number of H-pyrrole nitrogens is 1. The van der Waals surface area contributed by atoms with E-state index >= 15 is 0 Å². The lowest BCUT2D eigenvalue weighted by Crippen LogP contribution is -2.58. The average molecular weight is 570 g/mol. The Bertz CT molecular complexity index is 1530. The van der Waals surface area contributed by atoms with E-state index in [1.165, 1.54) is 13.1 Å². The number of aromatic nitrogens is 2. The van der Waals surface area contributed by atoms with Crippen LogP contribution in [0.2, 0.25) is 0 Å². The van der Waals surface area contributed by atoms with Crippen molar-refractivity contribution in [3.05, 3.63) is 134 Å². The molecular weight excluding hydrogens is 537 g/mol. The van der Waals surface area contributed by atoms with Gasteiger partial charge in [-0.1, -0.05) is 72.8 Å². The van der Waals surface area contributed by atoms with Crippen LogP contribution in [0.25, 0.3) is 0 Å². The van der Waals surface area contributed by atoms with Crippen molar-refractivity contribution in [2.24, 2.45) is 0 Å². The lowest BCUT2D eigenvalue weighted by molar-refractivity contribution is -0.259. The molecule has 0 unspecified atom stereocenters. The lowest BCUT2D eigenvalue weighted by atomic mass is 9.80. The Morgan fingerprint density at radius 3 is 1.95 bits per heavy atom. The van der Waals surface area contributed by atoms with Gasteiger partial charge in [0.05, 0.1) is 13.7 Å². The first-order valence-corrected chi connectivity index (χ1v) is 13.2. The van der Waals surface area contributed by atoms with Gasteiger partial charge in [-0.15, -0.1) is 0 Å². The third-order valence-corrected chi connectivity index (χ3v) is 7.43. The number of rotatable bonds is 8. The number of aromatic amines is 1. The molecule has 0 spiro atoms. The van der Waals surface area contributed by atoms with Crippen molar-refractivity contribution in [2.75, 3.05) is 13.7 Å². The molecule has 1 aliphatic rings. The van der Waals surface area contributed by atoms with Gasteiger partial charge >= 0.3 is 5.69 Å². The number of hydrogen-bond donors (Lipinski definition) is 4. The Balaban J connectivity index is 1.57. The minimum absolute atomic E-state index is 0.209. The van der Waals surface area contributed by atoms with Crippen molar-refractivity contribution in [1.29, 1.82) is 0 Å². The molecule has 4 aromatic rings. The number of benzene rings is 3. The number of ether oxygens (including phenoxy) is 3. The van der Waals surface area contributed by atoms with Crippen molar-refractivity contribution in [3.8, 4) is 5.75 Å². The second kappa shape index (κ2) is 11.8. The maximum absolute atomic E-state index is 12.6. The number of methoxy groups -OCH3 is 1. The van der Waals surface area contributed by atoms with Crippen LogP contribution < -0.4 is 16.0 Å². The van der Waals surface area contributed by atoms with Gasteiger partial charge in [-0.05, 0) is 35.7 Å². The highest BCUT2D eigenvalue weighted by Gasteiger charge is 2.47. The lowest BCUT2D eigenvalue weighted by Gasteiger charge is -2.43. The first-order chi connectivity index (χ1) is 19.8. The molecule has 10 heteroatoms. The molecule has 1 fully saturated rings. The Hall–Kier alpha value is -4.06. The molecule has 1 saturated heterocycles. The fraction of sp³-hybridized carbons (Fsp3) is 0.290. The van der Waals surface area contributed by atoms with E-state index in [1.54, 1.807) is 7.11 Å². The van der Waals surface area contributed by atoms with Crippen LogP contribution in [0.1, 0.15) is 28.5 Å². The molecule has 0 bridgehead atoms. The zero-order valence-corrected chi connectivity index (χ0v) is 22.6. The summed E-state index contributed by atoms with van der Waals surface area (Å²) in [6.45, 7) is 1.26. The minimum Gasteiger partial charge on any atom is -0.497 e. The van der Waals surface area contributed by atoms with Gasteiger partial charge in [-0.3, -0.25) is 14.3 Å². The van der Waals surface area contributed by atoms with Gasteiger partial charge in [-0.2, -0.15) is 0 Å². The van der Waals surface area contributed by atoms with Crippen LogP contribution in [0.3, 0.4) is 0 Å². The molecule has 3 aromatic carbocycles. The normalized spacial score (nSPS) is 22.8. The summed E-state index contributed by atoms with van der Waals surface area (Å²) >= 11 is 0. The quantitative estimate of drug-likeness (QED) is 0.186. The van der Waals surface area contributed by atoms with E-state index in [0.29, 0.717) is 5.75 Å². The molecule has 0 amide bonds. The largest absolute Gasteiger partial charge is 0.497 e. The number of aryl methyl sites for hydroxylation is 1. The first-order valence-electron chi connectivity index (χ1n) is 13.2. The van der Waals surface area contributed by atoms with Crippen molar-refractivity contribution >= 4 is 0 Å². The third-order valence-electron chi connectivity index (χ3n) is 7.43. The summed E-state index contributed by atoms with van der Waals surface area (Å²) < 4.78 is 19.1. The molecule has 4 N–H and O–H groups in total. The molecular formula is C31H32N2O8. The van der Waals surface area contributed by atoms with Gasteiger partial charge in [0, 0.05) is 11.8 Å². The Labute approximate surface area is 236 Å². The highest BCUT2D eigenvalue weighted by Crippen LogP contribution is 2.42. The molecule has 1 aromatic heterocycles. The van der Waals surface area contributed by atoms with Gasteiger partial charge in [-0.25, -0.2) is 4.79 Å². The number of nitrogens with one attached hydrogen (secondary N) is 1. The summed E-state index contributed by atoms with van der Waals surface area (Å²) in [6.07, 6.45) is -6.17. The van der Waals surface area contributed by atoms with Crippen molar-refractivity contribution < 1.29 is 29.5 Å². The van der Waals surface area contributed by atoms with E-state index in [-0.39, 0.29) is 12.2 Å². The topological polar surface area (TPSA) is 143 Å². The molecule has 5 rings (SSSR count). The van der Waals surface area contributed by atoms with Crippen molar-refractivity contribution in [2.45, 2.75) is 43.2 Å². The van der Waals surface area contributed by atoms with E-state index in [4.69, 9.17) is 14.2 Å². The standard InChI is InChI=1S/C31H32N2O8/c1-19-17-33(30(38)32-28(19)37)29-27(36)26(35)25(34)24(41-29)18-40-31(20-9-5-3-6-10-20,21-11-7-4-8-12-21)22-13-15-23(39-2)16-14-22/h3-17,24-27,29,34-36H,18H2,1-2H3,(H,32,37,38)/t24-,25-,26+,27-,29-/m1/s1/i17+1,18+1,24+1,25+1,26+1,27+1,29+1,32+1,33+1. The second-order valence-electron chi connectivity index (χ2n) is 9.97. The van der Waals surface area contributed by atoms with Gasteiger partial charge < -0.3 is 29.5 Å². The monoisotopic (exact) mass is 569 g/mol. The molecule has 10 nitrogen and oxygen atoms in total. The highest BCUT2D eigenvalue weighted by molar-refractivity contribution is 5.48. The van der Waals surface area contributed by atoms with Gasteiger partial charge in [0.1, 0.15) is 35.8 Å². The zero-order valence-electron chi connectivity index (χ0n) is 22.6. The summed E-state index contributed by atoms with van der Waals surface area (Å²) in [6, 6.07) is 26.5. The molecule has 2 heterocycles. The molecule has 1 aliphatic heterocycles. The van der Waals surface area contributed by atoms with Gasteiger partial charge in [0.25, 0.3) is 5.56 Å². The summed E-state index contributed by atoms with van der Waals surface area (Å²) in [7, 11) is 1.58. The second-order valence-corrected chi connectivity index (χ2v) is 9.97. The molecule has 41 heavy (non-hydrogen) atoms. The van der Waals surface area contributed by atoms with Crippen LogP contribution in [0.15, 0.2) is 101 Å². The molecule has 0 aliphatic carbocycles. The van der Waals surface area contributed by atoms with E-state index in [1.807, 2.05) is 84.9 Å². The van der Waals surface area contributed by atoms with Gasteiger partial charge in [0.2, 0.25) is 0 Å². The van der Waals surface area contributed by atoms with Crippen LogP contribution in [-0.2, 0) is 15.1 Å². The van der Waals surface area contributed by atoms with E-state index in [9.17, 15) is 24.9 Å². The maximum atomic E-state index is 12.6. The summed E-state index contributed by atoms with van der Waals surface area (Å²) in [5, 5.41) is 32.4. The summed E-state index contributed by atoms with van der Waals surface area (Å²) in [5.74, 6) is 0.663. The van der Waals surface area contributed by atoms with Crippen LogP contribution in [0.4, 0.5) is 0 Å². The first kappa shape index (κ1) is 28.5. The molecule has 0 radical (unpaired) electrons. The van der Waals surface area contributed by atoms with Crippen LogP contribution in [-0.4, -0.2) is 63.0 Å². The van der Waals surface area contributed by atoms with E-state index < -0.39 is 47.5 Å². The number of hydrogen-bond acceptors (Lipinski definition) is 8. The van der Waals surface area contributed by atoms with E-state index in [0.717, 1.165) is 21.3 Å².